The van der Waals surface area contributed by atoms with Crippen LogP contribution < -0.4 is 14.2 Å². The molecule has 0 saturated heterocycles. The van der Waals surface area contributed by atoms with Crippen LogP contribution in [0.3, 0.4) is 0 Å². The van der Waals surface area contributed by atoms with Gasteiger partial charge in [0.25, 0.3) is 5.88 Å². The maximum atomic E-state index is 13.2. The predicted molar refractivity (Wildman–Crippen MR) is 135 cm³/mol. The molecule has 0 radical (unpaired) electrons. The summed E-state index contributed by atoms with van der Waals surface area (Å²) in [6, 6.07) is 16.4. The van der Waals surface area contributed by atoms with E-state index in [9.17, 15) is 14.0 Å². The summed E-state index contributed by atoms with van der Waals surface area (Å²) in [5.74, 6) is 1.32. The van der Waals surface area contributed by atoms with Crippen LogP contribution in [-0.4, -0.2) is 35.8 Å². The molecule has 4 aromatic rings. The number of nitrogens with zero attached hydrogens (tertiary/aromatic N) is 2. The molecule has 2 aromatic carbocycles. The number of fused-ring (bicyclic) bond motifs is 1. The number of halogens is 1. The van der Waals surface area contributed by atoms with Gasteiger partial charge in [-0.25, -0.2) is 9.37 Å². The van der Waals surface area contributed by atoms with Crippen molar-refractivity contribution in [2.24, 2.45) is 5.41 Å². The minimum Gasteiger partial charge on any atom is -0.491 e. The maximum Gasteiger partial charge on any atom is 0.257 e. The Hall–Kier alpha value is -4.33. The largest absolute Gasteiger partial charge is 0.491 e. The number of carbonyl (C=O) groups excluding carboxylic acids is 2. The SMILES string of the molecule is COc1cc2nccc(Oc3ccc(CC(=O)C4(C(=O)Cc5ccc(F)cc5)CC4)cc3)c2nc1OC. The van der Waals surface area contributed by atoms with E-state index in [0.717, 1.165) is 5.56 Å². The molecule has 0 atom stereocenters. The Bertz CT molecular complexity index is 1460. The van der Waals surface area contributed by atoms with Gasteiger partial charge >= 0.3 is 0 Å². The molecule has 1 aliphatic rings. The zero-order chi connectivity index (χ0) is 26.0. The van der Waals surface area contributed by atoms with E-state index in [1.807, 2.05) is 12.1 Å². The first-order valence-corrected chi connectivity index (χ1v) is 11.9. The molecule has 0 bridgehead atoms. The summed E-state index contributed by atoms with van der Waals surface area (Å²) in [6.45, 7) is 0. The Morgan fingerprint density at radius 2 is 1.49 bits per heavy atom. The van der Waals surface area contributed by atoms with Gasteiger partial charge in [0.15, 0.2) is 23.1 Å². The Balaban J connectivity index is 1.27. The van der Waals surface area contributed by atoms with Gasteiger partial charge in [0.2, 0.25) is 0 Å². The topological polar surface area (TPSA) is 87.6 Å². The number of ketones is 2. The lowest BCUT2D eigenvalue weighted by Gasteiger charge is -2.14. The molecule has 5 rings (SSSR count). The number of rotatable bonds is 10. The minimum atomic E-state index is -0.925. The van der Waals surface area contributed by atoms with Gasteiger partial charge in [0, 0.05) is 31.2 Å². The van der Waals surface area contributed by atoms with Crippen LogP contribution in [0.1, 0.15) is 24.0 Å². The first kappa shape index (κ1) is 24.4. The Kier molecular flexibility index (Phi) is 6.56. The number of ether oxygens (including phenoxy) is 3. The molecule has 188 valence electrons. The van der Waals surface area contributed by atoms with Crippen molar-refractivity contribution in [3.8, 4) is 23.1 Å². The molecule has 1 aliphatic carbocycles. The standard InChI is InChI=1S/C29H25FN2O5/c1-35-24-17-22-27(32-28(24)36-2)23(11-14-31-22)37-21-9-5-19(6-10-21)16-26(34)29(12-13-29)25(33)15-18-3-7-20(30)8-4-18/h3-11,14,17H,12-13,15-16H2,1-2H3. The van der Waals surface area contributed by atoms with Crippen molar-refractivity contribution in [2.75, 3.05) is 14.2 Å². The summed E-state index contributed by atoms with van der Waals surface area (Å²) >= 11 is 0. The molecule has 0 N–H and O–H groups in total. The summed E-state index contributed by atoms with van der Waals surface area (Å²) in [6.07, 6.45) is 3.03. The molecular weight excluding hydrogens is 475 g/mol. The Morgan fingerprint density at radius 3 is 2.05 bits per heavy atom. The summed E-state index contributed by atoms with van der Waals surface area (Å²) in [5, 5.41) is 0. The molecule has 0 amide bonds. The number of hydrogen-bond donors (Lipinski definition) is 0. The lowest BCUT2D eigenvalue weighted by molar-refractivity contribution is -0.133. The van der Waals surface area contributed by atoms with Crippen molar-refractivity contribution in [3.05, 3.63) is 83.8 Å². The fourth-order valence-corrected chi connectivity index (χ4v) is 4.34. The fraction of sp³-hybridized carbons (Fsp3) is 0.241. The molecule has 7 nitrogen and oxygen atoms in total. The van der Waals surface area contributed by atoms with E-state index in [2.05, 4.69) is 9.97 Å². The first-order valence-electron chi connectivity index (χ1n) is 11.9. The highest BCUT2D eigenvalue weighted by molar-refractivity contribution is 6.10. The molecule has 37 heavy (non-hydrogen) atoms. The number of hydrogen-bond acceptors (Lipinski definition) is 7. The van der Waals surface area contributed by atoms with Gasteiger partial charge in [-0.3, -0.25) is 14.6 Å². The highest BCUT2D eigenvalue weighted by Gasteiger charge is 2.54. The number of pyridine rings is 2. The van der Waals surface area contributed by atoms with E-state index in [1.165, 1.54) is 26.4 Å². The molecule has 0 unspecified atom stereocenters. The quantitative estimate of drug-likeness (QED) is 0.274. The summed E-state index contributed by atoms with van der Waals surface area (Å²) in [5.41, 5.74) is 1.70. The van der Waals surface area contributed by atoms with Crippen molar-refractivity contribution in [1.82, 2.24) is 9.97 Å². The first-order chi connectivity index (χ1) is 17.9. The van der Waals surface area contributed by atoms with Gasteiger partial charge in [-0.05, 0) is 48.2 Å². The monoisotopic (exact) mass is 500 g/mol. The number of methoxy groups -OCH3 is 2. The van der Waals surface area contributed by atoms with E-state index < -0.39 is 5.41 Å². The third-order valence-corrected chi connectivity index (χ3v) is 6.63. The van der Waals surface area contributed by atoms with Crippen molar-refractivity contribution in [1.29, 1.82) is 0 Å². The molecular formula is C29H25FN2O5. The summed E-state index contributed by atoms with van der Waals surface area (Å²) in [4.78, 5) is 34.8. The number of benzene rings is 2. The summed E-state index contributed by atoms with van der Waals surface area (Å²) in [7, 11) is 3.04. The second-order valence-corrected chi connectivity index (χ2v) is 9.03. The van der Waals surface area contributed by atoms with Crippen LogP contribution in [0.2, 0.25) is 0 Å². The second-order valence-electron chi connectivity index (χ2n) is 9.03. The highest BCUT2D eigenvalue weighted by Crippen LogP contribution is 2.48. The molecule has 1 saturated carbocycles. The van der Waals surface area contributed by atoms with Crippen LogP contribution in [0.25, 0.3) is 11.0 Å². The minimum absolute atomic E-state index is 0.0846. The van der Waals surface area contributed by atoms with Gasteiger partial charge in [-0.1, -0.05) is 24.3 Å². The second kappa shape index (κ2) is 9.97. The third-order valence-electron chi connectivity index (χ3n) is 6.63. The Morgan fingerprint density at radius 1 is 0.865 bits per heavy atom. The average molecular weight is 501 g/mol. The molecule has 2 heterocycles. The molecule has 8 heteroatoms. The predicted octanol–water partition coefficient (Wildman–Crippen LogP) is 5.28. The zero-order valence-electron chi connectivity index (χ0n) is 20.5. The average Bonchev–Trinajstić information content (AvgIpc) is 3.73. The normalized spacial score (nSPS) is 13.7. The van der Waals surface area contributed by atoms with E-state index in [1.54, 1.807) is 42.6 Å². The maximum absolute atomic E-state index is 13.2. The highest BCUT2D eigenvalue weighted by atomic mass is 19.1. The van der Waals surface area contributed by atoms with Gasteiger partial charge in [0.05, 0.1) is 25.2 Å². The van der Waals surface area contributed by atoms with Crippen LogP contribution in [0, 0.1) is 11.2 Å². The fourth-order valence-electron chi connectivity index (χ4n) is 4.34. The van der Waals surface area contributed by atoms with Crippen molar-refractivity contribution >= 4 is 22.6 Å². The van der Waals surface area contributed by atoms with E-state index in [4.69, 9.17) is 14.2 Å². The van der Waals surface area contributed by atoms with Gasteiger partial charge in [0.1, 0.15) is 17.1 Å². The van der Waals surface area contributed by atoms with E-state index in [0.29, 0.717) is 52.6 Å². The zero-order valence-corrected chi connectivity index (χ0v) is 20.5. The molecule has 2 aromatic heterocycles. The lowest BCUT2D eigenvalue weighted by Crippen LogP contribution is -2.28. The number of Topliss-reactive ketones (excluding diaryl/α,β-unsaturated/α-hetero) is 2. The van der Waals surface area contributed by atoms with Crippen molar-refractivity contribution in [3.63, 3.8) is 0 Å². The van der Waals surface area contributed by atoms with Crippen LogP contribution in [-0.2, 0) is 22.4 Å². The van der Waals surface area contributed by atoms with Crippen LogP contribution in [0.5, 0.6) is 23.1 Å². The smallest absolute Gasteiger partial charge is 0.257 e. The molecule has 0 aliphatic heterocycles. The van der Waals surface area contributed by atoms with Crippen LogP contribution in [0.4, 0.5) is 4.39 Å². The van der Waals surface area contributed by atoms with Gasteiger partial charge < -0.3 is 14.2 Å². The van der Waals surface area contributed by atoms with E-state index >= 15 is 0 Å². The van der Waals surface area contributed by atoms with Gasteiger partial charge in [-0.15, -0.1) is 0 Å². The van der Waals surface area contributed by atoms with E-state index in [-0.39, 0.29) is 30.2 Å². The Labute approximate surface area is 213 Å². The van der Waals surface area contributed by atoms with Crippen LogP contribution in [0.15, 0.2) is 66.9 Å². The number of carbonyl (C=O) groups is 2. The summed E-state index contributed by atoms with van der Waals surface area (Å²) < 4.78 is 29.8. The molecule has 0 spiro atoms. The molecule has 1 fully saturated rings. The third kappa shape index (κ3) is 5.00. The van der Waals surface area contributed by atoms with Crippen molar-refractivity contribution < 1.29 is 28.2 Å². The van der Waals surface area contributed by atoms with Crippen molar-refractivity contribution in [2.45, 2.75) is 25.7 Å². The van der Waals surface area contributed by atoms with Gasteiger partial charge in [-0.2, -0.15) is 0 Å². The number of aromatic nitrogens is 2. The lowest BCUT2D eigenvalue weighted by atomic mass is 9.88. The van der Waals surface area contributed by atoms with Crippen LogP contribution >= 0.6 is 0 Å².